The molecule has 5 heteroatoms. The van der Waals surface area contributed by atoms with Crippen molar-refractivity contribution in [3.63, 3.8) is 0 Å². The third-order valence-corrected chi connectivity index (χ3v) is 2.50. The molecule has 2 rings (SSSR count). The summed E-state index contributed by atoms with van der Waals surface area (Å²) in [6.07, 6.45) is 2.58. The molecular weight excluding hydrogens is 238 g/mol. The van der Waals surface area contributed by atoms with Gasteiger partial charge in [0.25, 0.3) is 0 Å². The van der Waals surface area contributed by atoms with Crippen molar-refractivity contribution in [1.82, 2.24) is 9.97 Å². The van der Waals surface area contributed by atoms with E-state index in [1.165, 1.54) is 0 Å². The number of benzene rings is 1. The van der Waals surface area contributed by atoms with Gasteiger partial charge in [0, 0.05) is 23.3 Å². The number of hydrogen-bond acceptors (Lipinski definition) is 3. The molecule has 3 N–H and O–H groups in total. The van der Waals surface area contributed by atoms with E-state index in [0.29, 0.717) is 18.2 Å². The van der Waals surface area contributed by atoms with Crippen molar-refractivity contribution >= 4 is 11.6 Å². The van der Waals surface area contributed by atoms with Gasteiger partial charge in [-0.25, -0.2) is 4.98 Å². The van der Waals surface area contributed by atoms with Crippen LogP contribution in [0.5, 0.6) is 5.75 Å². The molecule has 0 unspecified atom stereocenters. The van der Waals surface area contributed by atoms with E-state index in [4.69, 9.17) is 22.1 Å². The number of aromatic nitrogens is 2. The number of hydrogen-bond donors (Lipinski definition) is 2. The first kappa shape index (κ1) is 12.0. The molecule has 0 fully saturated rings. The number of nitrogens with zero attached hydrogens (tertiary/aromatic N) is 1. The molecule has 0 spiro atoms. The lowest BCUT2D eigenvalue weighted by atomic mass is 10.3. The average molecular weight is 252 g/mol. The zero-order valence-corrected chi connectivity index (χ0v) is 10.1. The predicted octanol–water partition coefficient (Wildman–Crippen LogP) is 2.14. The largest absolute Gasteiger partial charge is 0.486 e. The van der Waals surface area contributed by atoms with Gasteiger partial charge in [0.2, 0.25) is 0 Å². The molecule has 17 heavy (non-hydrogen) atoms. The quantitative estimate of drug-likeness (QED) is 0.856. The number of rotatable bonds is 5. The van der Waals surface area contributed by atoms with E-state index >= 15 is 0 Å². The molecule has 1 aromatic carbocycles. The zero-order valence-electron chi connectivity index (χ0n) is 9.32. The van der Waals surface area contributed by atoms with Gasteiger partial charge >= 0.3 is 0 Å². The fraction of sp³-hybridized carbons (Fsp3) is 0.250. The highest BCUT2D eigenvalue weighted by Crippen LogP contribution is 2.17. The van der Waals surface area contributed by atoms with Crippen molar-refractivity contribution in [2.24, 2.45) is 5.73 Å². The maximum Gasteiger partial charge on any atom is 0.146 e. The monoisotopic (exact) mass is 251 g/mol. The molecule has 1 heterocycles. The van der Waals surface area contributed by atoms with Crippen LogP contribution >= 0.6 is 11.6 Å². The summed E-state index contributed by atoms with van der Waals surface area (Å²) in [6.45, 7) is 1.00. The molecule has 0 aliphatic heterocycles. The molecule has 1 aromatic heterocycles. The van der Waals surface area contributed by atoms with Crippen LogP contribution in [0.1, 0.15) is 11.5 Å². The van der Waals surface area contributed by atoms with E-state index in [0.717, 1.165) is 23.7 Å². The Balaban J connectivity index is 1.93. The summed E-state index contributed by atoms with van der Waals surface area (Å²) < 4.78 is 5.55. The smallest absolute Gasteiger partial charge is 0.146 e. The molecule has 0 bridgehead atoms. The van der Waals surface area contributed by atoms with Crippen LogP contribution in [0.3, 0.4) is 0 Å². The third-order valence-electron chi connectivity index (χ3n) is 2.27. The molecule has 0 saturated carbocycles. The molecule has 0 radical (unpaired) electrons. The van der Waals surface area contributed by atoms with Crippen molar-refractivity contribution in [1.29, 1.82) is 0 Å². The first-order valence-electron chi connectivity index (χ1n) is 5.39. The number of imidazole rings is 1. The molecule has 0 amide bonds. The first-order valence-corrected chi connectivity index (χ1v) is 5.77. The standard InChI is InChI=1S/C12H14ClN3O/c13-9-2-1-3-11(6-9)17-8-12-15-7-10(16-12)4-5-14/h1-3,6-7H,4-5,8,14H2,(H,15,16). The van der Waals surface area contributed by atoms with E-state index < -0.39 is 0 Å². The normalized spacial score (nSPS) is 10.5. The van der Waals surface area contributed by atoms with Gasteiger partial charge in [-0.2, -0.15) is 0 Å². The number of halogens is 1. The highest BCUT2D eigenvalue weighted by atomic mass is 35.5. The van der Waals surface area contributed by atoms with Gasteiger partial charge in [-0.3, -0.25) is 0 Å². The van der Waals surface area contributed by atoms with Crippen LogP contribution in [0.25, 0.3) is 0 Å². The molecule has 0 saturated heterocycles. The molecule has 0 aliphatic rings. The highest BCUT2D eigenvalue weighted by Gasteiger charge is 2.01. The Hall–Kier alpha value is -1.52. The SMILES string of the molecule is NCCc1cnc(COc2cccc(Cl)c2)[nH]1. The third kappa shape index (κ3) is 3.47. The second-order valence-corrected chi connectivity index (χ2v) is 4.08. The minimum atomic E-state index is 0.394. The van der Waals surface area contributed by atoms with Gasteiger partial charge in [0.05, 0.1) is 0 Å². The molecule has 0 aliphatic carbocycles. The number of nitrogens with one attached hydrogen (secondary N) is 1. The van der Waals surface area contributed by atoms with Gasteiger partial charge < -0.3 is 15.5 Å². The van der Waals surface area contributed by atoms with E-state index in [9.17, 15) is 0 Å². The summed E-state index contributed by atoms with van der Waals surface area (Å²) in [7, 11) is 0. The predicted molar refractivity (Wildman–Crippen MR) is 67.1 cm³/mol. The lowest BCUT2D eigenvalue weighted by Crippen LogP contribution is -2.03. The Morgan fingerprint density at radius 2 is 2.29 bits per heavy atom. The second kappa shape index (κ2) is 5.70. The van der Waals surface area contributed by atoms with Crippen LogP contribution in [-0.2, 0) is 13.0 Å². The number of ether oxygens (including phenoxy) is 1. The van der Waals surface area contributed by atoms with E-state index in [1.807, 2.05) is 12.1 Å². The van der Waals surface area contributed by atoms with Gasteiger partial charge in [0.15, 0.2) is 0 Å². The van der Waals surface area contributed by atoms with Crippen LogP contribution in [0, 0.1) is 0 Å². The summed E-state index contributed by atoms with van der Waals surface area (Å²) >= 11 is 5.85. The summed E-state index contributed by atoms with van der Waals surface area (Å²) in [5.74, 6) is 1.52. The van der Waals surface area contributed by atoms with Crippen molar-refractivity contribution in [2.75, 3.05) is 6.54 Å². The first-order chi connectivity index (χ1) is 8.28. The lowest BCUT2D eigenvalue weighted by molar-refractivity contribution is 0.297. The van der Waals surface area contributed by atoms with Crippen LogP contribution in [0.4, 0.5) is 0 Å². The van der Waals surface area contributed by atoms with Crippen molar-refractivity contribution in [3.05, 3.63) is 47.0 Å². The minimum Gasteiger partial charge on any atom is -0.486 e. The van der Waals surface area contributed by atoms with Crippen molar-refractivity contribution < 1.29 is 4.74 Å². The molecule has 0 atom stereocenters. The van der Waals surface area contributed by atoms with E-state index in [-0.39, 0.29) is 0 Å². The van der Waals surface area contributed by atoms with E-state index in [1.54, 1.807) is 18.3 Å². The van der Waals surface area contributed by atoms with Crippen molar-refractivity contribution in [2.45, 2.75) is 13.0 Å². The molecular formula is C12H14ClN3O. The maximum atomic E-state index is 5.85. The highest BCUT2D eigenvalue weighted by molar-refractivity contribution is 6.30. The van der Waals surface area contributed by atoms with Gasteiger partial charge in [-0.15, -0.1) is 0 Å². The Morgan fingerprint density at radius 1 is 1.41 bits per heavy atom. The summed E-state index contributed by atoms with van der Waals surface area (Å²) in [6, 6.07) is 7.28. The second-order valence-electron chi connectivity index (χ2n) is 3.64. The number of H-pyrrole nitrogens is 1. The Kier molecular flexibility index (Phi) is 4.01. The van der Waals surface area contributed by atoms with Crippen molar-refractivity contribution in [3.8, 4) is 5.75 Å². The minimum absolute atomic E-state index is 0.394. The van der Waals surface area contributed by atoms with Crippen LogP contribution in [0.15, 0.2) is 30.5 Å². The molecule has 4 nitrogen and oxygen atoms in total. The maximum absolute atomic E-state index is 5.85. The Labute approximate surface area is 105 Å². The summed E-state index contributed by atoms with van der Waals surface area (Å²) in [5.41, 5.74) is 6.48. The fourth-order valence-electron chi connectivity index (χ4n) is 1.47. The number of nitrogens with two attached hydrogens (primary N) is 1. The van der Waals surface area contributed by atoms with Crippen LogP contribution in [0.2, 0.25) is 5.02 Å². The fourth-order valence-corrected chi connectivity index (χ4v) is 1.65. The van der Waals surface area contributed by atoms with Crippen LogP contribution in [-0.4, -0.2) is 16.5 Å². The summed E-state index contributed by atoms with van der Waals surface area (Å²) in [5, 5.41) is 0.658. The Morgan fingerprint density at radius 3 is 3.06 bits per heavy atom. The molecule has 90 valence electrons. The van der Waals surface area contributed by atoms with Gasteiger partial charge in [-0.05, 0) is 24.7 Å². The Bertz CT molecular complexity index is 484. The van der Waals surface area contributed by atoms with E-state index in [2.05, 4.69) is 9.97 Å². The van der Waals surface area contributed by atoms with Crippen LogP contribution < -0.4 is 10.5 Å². The number of aromatic amines is 1. The molecule has 2 aromatic rings. The topological polar surface area (TPSA) is 63.9 Å². The summed E-state index contributed by atoms with van der Waals surface area (Å²) in [4.78, 5) is 7.35. The van der Waals surface area contributed by atoms with Gasteiger partial charge in [0.1, 0.15) is 18.2 Å². The lowest BCUT2D eigenvalue weighted by Gasteiger charge is -2.04. The average Bonchev–Trinajstić information content (AvgIpc) is 2.75. The zero-order chi connectivity index (χ0) is 12.1. The van der Waals surface area contributed by atoms with Gasteiger partial charge in [-0.1, -0.05) is 17.7 Å².